The molecule has 1 atom stereocenters. The lowest BCUT2D eigenvalue weighted by Gasteiger charge is -2.32. The van der Waals surface area contributed by atoms with Gasteiger partial charge in [-0.2, -0.15) is 0 Å². The number of nitrogens with zero attached hydrogens (tertiary/aromatic N) is 2. The number of halogens is 1. The van der Waals surface area contributed by atoms with Crippen LogP contribution in [0, 0.1) is 5.82 Å². The van der Waals surface area contributed by atoms with Crippen molar-refractivity contribution in [3.63, 3.8) is 0 Å². The smallest absolute Gasteiger partial charge is 0.222 e. The third-order valence-corrected chi connectivity index (χ3v) is 7.10. The van der Waals surface area contributed by atoms with E-state index in [1.807, 2.05) is 47.4 Å². The van der Waals surface area contributed by atoms with E-state index in [4.69, 9.17) is 4.98 Å². The number of amides is 1. The normalized spacial score (nSPS) is 16.3. The van der Waals surface area contributed by atoms with Gasteiger partial charge in [0, 0.05) is 42.0 Å². The van der Waals surface area contributed by atoms with E-state index in [9.17, 15) is 9.18 Å². The standard InChI is InChI=1S/C29H27FN4O/c30-21-13-11-19(12-14-21)28-23(22-7-1-2-8-24(22)31-28)15-16-27(35)34-17-5-6-20(18-34)29-32-25-9-3-4-10-26(25)33-29/h1-4,7-14,20,31H,5-6,15-18H2,(H,32,33)/t20-/m0/s1. The van der Waals surface area contributed by atoms with Gasteiger partial charge in [-0.25, -0.2) is 9.37 Å². The highest BCUT2D eigenvalue weighted by molar-refractivity contribution is 5.91. The molecule has 0 saturated carbocycles. The number of imidazole rings is 1. The second-order valence-corrected chi connectivity index (χ2v) is 9.35. The van der Waals surface area contributed by atoms with Crippen LogP contribution in [0.4, 0.5) is 4.39 Å². The third-order valence-electron chi connectivity index (χ3n) is 7.10. The molecule has 0 bridgehead atoms. The number of para-hydroxylation sites is 3. The highest BCUT2D eigenvalue weighted by atomic mass is 19.1. The summed E-state index contributed by atoms with van der Waals surface area (Å²) >= 11 is 0. The minimum absolute atomic E-state index is 0.168. The summed E-state index contributed by atoms with van der Waals surface area (Å²) < 4.78 is 13.5. The van der Waals surface area contributed by atoms with Gasteiger partial charge in [-0.05, 0) is 72.9 Å². The van der Waals surface area contributed by atoms with Crippen molar-refractivity contribution in [2.24, 2.45) is 0 Å². The van der Waals surface area contributed by atoms with Gasteiger partial charge >= 0.3 is 0 Å². The maximum Gasteiger partial charge on any atom is 0.222 e. The average Bonchev–Trinajstić information content (AvgIpc) is 3.50. The summed E-state index contributed by atoms with van der Waals surface area (Å²) in [4.78, 5) is 27.0. The zero-order chi connectivity index (χ0) is 23.8. The molecule has 3 heterocycles. The Hall–Kier alpha value is -3.93. The van der Waals surface area contributed by atoms with Crippen molar-refractivity contribution in [3.05, 3.63) is 90.0 Å². The molecule has 6 heteroatoms. The van der Waals surface area contributed by atoms with E-state index < -0.39 is 0 Å². The number of aryl methyl sites for hydroxylation is 1. The molecule has 1 aliphatic rings. The van der Waals surface area contributed by atoms with Crippen LogP contribution in [0.2, 0.25) is 0 Å². The third kappa shape index (κ3) is 4.20. The largest absolute Gasteiger partial charge is 0.354 e. The number of carbonyl (C=O) groups is 1. The highest BCUT2D eigenvalue weighted by Crippen LogP contribution is 2.32. The number of aromatic amines is 2. The monoisotopic (exact) mass is 466 g/mol. The number of rotatable bonds is 5. The van der Waals surface area contributed by atoms with Crippen molar-refractivity contribution in [3.8, 4) is 11.3 Å². The molecule has 1 fully saturated rings. The molecule has 6 rings (SSSR count). The first-order valence-corrected chi connectivity index (χ1v) is 12.2. The number of carbonyl (C=O) groups excluding carboxylic acids is 1. The number of fused-ring (bicyclic) bond motifs is 2. The van der Waals surface area contributed by atoms with E-state index in [1.54, 1.807) is 12.1 Å². The Morgan fingerprint density at radius 3 is 2.57 bits per heavy atom. The van der Waals surface area contributed by atoms with Gasteiger partial charge in [0.25, 0.3) is 0 Å². The Balaban J connectivity index is 1.21. The van der Waals surface area contributed by atoms with Crippen LogP contribution in [0.15, 0.2) is 72.8 Å². The van der Waals surface area contributed by atoms with Crippen LogP contribution in [-0.2, 0) is 11.2 Å². The summed E-state index contributed by atoms with van der Waals surface area (Å²) in [5.41, 5.74) is 6.02. The van der Waals surface area contributed by atoms with E-state index in [0.717, 1.165) is 64.0 Å². The van der Waals surface area contributed by atoms with Crippen molar-refractivity contribution < 1.29 is 9.18 Å². The molecule has 1 saturated heterocycles. The first-order chi connectivity index (χ1) is 17.2. The van der Waals surface area contributed by atoms with Crippen LogP contribution in [0.1, 0.15) is 36.6 Å². The lowest BCUT2D eigenvalue weighted by Crippen LogP contribution is -2.39. The molecule has 0 aliphatic carbocycles. The number of piperidine rings is 1. The molecule has 1 amide bonds. The van der Waals surface area contributed by atoms with E-state index in [2.05, 4.69) is 16.0 Å². The molecule has 35 heavy (non-hydrogen) atoms. The van der Waals surface area contributed by atoms with Gasteiger partial charge in [0.15, 0.2) is 0 Å². The first kappa shape index (κ1) is 21.6. The van der Waals surface area contributed by atoms with Crippen LogP contribution in [0.5, 0.6) is 0 Å². The summed E-state index contributed by atoms with van der Waals surface area (Å²) in [5, 5.41) is 1.11. The van der Waals surface area contributed by atoms with Crippen LogP contribution in [0.3, 0.4) is 0 Å². The Labute approximate surface area is 203 Å². The van der Waals surface area contributed by atoms with Crippen LogP contribution >= 0.6 is 0 Å². The number of benzene rings is 3. The Bertz CT molecular complexity index is 1470. The van der Waals surface area contributed by atoms with Crippen molar-refractivity contribution >= 4 is 27.8 Å². The SMILES string of the molecule is O=C(CCc1c(-c2ccc(F)cc2)[nH]c2ccccc12)N1CCC[C@H](c2nc3ccccc3[nH]2)C1. The second kappa shape index (κ2) is 9.02. The van der Waals surface area contributed by atoms with Gasteiger partial charge < -0.3 is 14.9 Å². The fraction of sp³-hybridized carbons (Fsp3) is 0.241. The zero-order valence-electron chi connectivity index (χ0n) is 19.4. The van der Waals surface area contributed by atoms with Crippen LogP contribution < -0.4 is 0 Å². The molecule has 2 aromatic heterocycles. The Morgan fingerprint density at radius 2 is 1.74 bits per heavy atom. The van der Waals surface area contributed by atoms with Crippen LogP contribution in [0.25, 0.3) is 33.2 Å². The zero-order valence-corrected chi connectivity index (χ0v) is 19.4. The molecule has 176 valence electrons. The number of hydrogen-bond acceptors (Lipinski definition) is 2. The predicted octanol–water partition coefficient (Wildman–Crippen LogP) is 6.19. The van der Waals surface area contributed by atoms with Gasteiger partial charge in [-0.1, -0.05) is 30.3 Å². The minimum Gasteiger partial charge on any atom is -0.354 e. The summed E-state index contributed by atoms with van der Waals surface area (Å²) in [5.74, 6) is 1.11. The summed E-state index contributed by atoms with van der Waals surface area (Å²) in [7, 11) is 0. The number of nitrogens with one attached hydrogen (secondary N) is 2. The molecule has 3 aromatic carbocycles. The van der Waals surface area contributed by atoms with Gasteiger partial charge in [0.05, 0.1) is 11.0 Å². The molecular weight excluding hydrogens is 439 g/mol. The molecule has 0 spiro atoms. The van der Waals surface area contributed by atoms with Crippen LogP contribution in [-0.4, -0.2) is 38.8 Å². The minimum atomic E-state index is -0.259. The maximum atomic E-state index is 13.5. The summed E-state index contributed by atoms with van der Waals surface area (Å²) in [6, 6.07) is 22.7. The predicted molar refractivity (Wildman–Crippen MR) is 137 cm³/mol. The Kier molecular flexibility index (Phi) is 5.57. The molecule has 0 radical (unpaired) electrons. The van der Waals surface area contributed by atoms with Crippen molar-refractivity contribution in [1.82, 2.24) is 19.9 Å². The average molecular weight is 467 g/mol. The summed E-state index contributed by atoms with van der Waals surface area (Å²) in [6.07, 6.45) is 3.06. The summed E-state index contributed by atoms with van der Waals surface area (Å²) in [6.45, 7) is 1.48. The van der Waals surface area contributed by atoms with E-state index >= 15 is 0 Å². The highest BCUT2D eigenvalue weighted by Gasteiger charge is 2.27. The van der Waals surface area contributed by atoms with Gasteiger partial charge in [-0.15, -0.1) is 0 Å². The van der Waals surface area contributed by atoms with Gasteiger partial charge in [0.2, 0.25) is 5.91 Å². The Morgan fingerprint density at radius 1 is 0.971 bits per heavy atom. The van der Waals surface area contributed by atoms with E-state index in [-0.39, 0.29) is 17.6 Å². The van der Waals surface area contributed by atoms with Gasteiger partial charge in [0.1, 0.15) is 11.6 Å². The molecule has 5 aromatic rings. The number of likely N-dealkylation sites (tertiary alicyclic amines) is 1. The lowest BCUT2D eigenvalue weighted by molar-refractivity contribution is -0.132. The maximum absolute atomic E-state index is 13.5. The molecule has 0 unspecified atom stereocenters. The molecule has 2 N–H and O–H groups in total. The lowest BCUT2D eigenvalue weighted by atomic mass is 9.96. The molecule has 5 nitrogen and oxygen atoms in total. The fourth-order valence-corrected chi connectivity index (χ4v) is 5.31. The first-order valence-electron chi connectivity index (χ1n) is 12.2. The fourth-order valence-electron chi connectivity index (χ4n) is 5.31. The number of H-pyrrole nitrogens is 2. The van der Waals surface area contributed by atoms with Gasteiger partial charge in [-0.3, -0.25) is 4.79 Å². The second-order valence-electron chi connectivity index (χ2n) is 9.35. The van der Waals surface area contributed by atoms with Crippen molar-refractivity contribution in [2.75, 3.05) is 13.1 Å². The quantitative estimate of drug-likeness (QED) is 0.324. The number of hydrogen-bond donors (Lipinski definition) is 2. The number of aromatic nitrogens is 3. The van der Waals surface area contributed by atoms with Crippen molar-refractivity contribution in [2.45, 2.75) is 31.6 Å². The molecular formula is C29H27FN4O. The molecule has 1 aliphatic heterocycles. The van der Waals surface area contributed by atoms with E-state index in [1.165, 1.54) is 12.1 Å². The van der Waals surface area contributed by atoms with E-state index in [0.29, 0.717) is 19.4 Å². The topological polar surface area (TPSA) is 64.8 Å². The van der Waals surface area contributed by atoms with Crippen molar-refractivity contribution in [1.29, 1.82) is 0 Å².